The molecule has 0 aliphatic carbocycles. The summed E-state index contributed by atoms with van der Waals surface area (Å²) in [6.07, 6.45) is 2.25. The van der Waals surface area contributed by atoms with E-state index in [1.54, 1.807) is 6.07 Å². The number of nitrogens with zero attached hydrogens (tertiary/aromatic N) is 1. The molecule has 3 heterocycles. The standard InChI is InChI=1S/C12H14Cl2N2OS.ClH/c13-9-5-8(10(14)18-9)11(17)16-4-2-12(7-16)1-3-15-6-12;/h5,15H,1-4,6-7H2;1H. The number of likely N-dealkylation sites (tertiary alicyclic amines) is 1. The summed E-state index contributed by atoms with van der Waals surface area (Å²) < 4.78 is 1.07. The molecular weight excluding hydrogens is 327 g/mol. The number of carbonyl (C=O) groups is 1. The number of rotatable bonds is 1. The molecule has 2 saturated heterocycles. The average Bonchev–Trinajstić information content (AvgIpc) is 3.02. The van der Waals surface area contributed by atoms with E-state index in [0.29, 0.717) is 19.7 Å². The SMILES string of the molecule is Cl.O=C(c1cc(Cl)sc1Cl)N1CCC2(CCNC2)C1. The van der Waals surface area contributed by atoms with Crippen LogP contribution in [0.2, 0.25) is 8.67 Å². The third-order valence-electron chi connectivity index (χ3n) is 3.94. The molecule has 106 valence electrons. The Hall–Kier alpha value is -0.000000000000000104. The lowest BCUT2D eigenvalue weighted by Crippen LogP contribution is -2.33. The number of amides is 1. The first-order chi connectivity index (χ1) is 8.60. The van der Waals surface area contributed by atoms with E-state index < -0.39 is 0 Å². The summed E-state index contributed by atoms with van der Waals surface area (Å²) in [5, 5.41) is 3.39. The van der Waals surface area contributed by atoms with E-state index in [0.717, 1.165) is 39.0 Å². The molecule has 7 heteroatoms. The van der Waals surface area contributed by atoms with Gasteiger partial charge < -0.3 is 10.2 Å². The highest BCUT2D eigenvalue weighted by molar-refractivity contribution is 7.20. The fraction of sp³-hybridized carbons (Fsp3) is 0.583. The van der Waals surface area contributed by atoms with E-state index >= 15 is 0 Å². The minimum Gasteiger partial charge on any atom is -0.338 e. The van der Waals surface area contributed by atoms with Crippen molar-refractivity contribution in [1.29, 1.82) is 0 Å². The van der Waals surface area contributed by atoms with Crippen LogP contribution in [-0.2, 0) is 0 Å². The summed E-state index contributed by atoms with van der Waals surface area (Å²) in [6, 6.07) is 1.68. The van der Waals surface area contributed by atoms with Gasteiger partial charge in [-0.1, -0.05) is 23.2 Å². The van der Waals surface area contributed by atoms with Gasteiger partial charge in [-0.15, -0.1) is 23.7 Å². The Labute approximate surface area is 132 Å². The molecule has 1 spiro atoms. The van der Waals surface area contributed by atoms with Crippen molar-refractivity contribution < 1.29 is 4.79 Å². The molecule has 1 unspecified atom stereocenters. The summed E-state index contributed by atoms with van der Waals surface area (Å²) in [6.45, 7) is 3.74. The van der Waals surface area contributed by atoms with Crippen LogP contribution < -0.4 is 5.32 Å². The van der Waals surface area contributed by atoms with Crippen molar-refractivity contribution in [3.63, 3.8) is 0 Å². The second-order valence-electron chi connectivity index (χ2n) is 5.14. The van der Waals surface area contributed by atoms with Gasteiger partial charge in [-0.05, 0) is 25.5 Å². The molecule has 1 aromatic rings. The van der Waals surface area contributed by atoms with Crippen LogP contribution in [0.1, 0.15) is 23.2 Å². The molecule has 1 aromatic heterocycles. The fourth-order valence-electron chi connectivity index (χ4n) is 2.91. The highest BCUT2D eigenvalue weighted by Gasteiger charge is 2.42. The lowest BCUT2D eigenvalue weighted by molar-refractivity contribution is 0.0776. The number of carbonyl (C=O) groups excluding carboxylic acids is 1. The molecule has 2 fully saturated rings. The maximum atomic E-state index is 12.4. The Morgan fingerprint density at radius 3 is 2.79 bits per heavy atom. The lowest BCUT2D eigenvalue weighted by atomic mass is 9.86. The van der Waals surface area contributed by atoms with E-state index in [2.05, 4.69) is 5.32 Å². The van der Waals surface area contributed by atoms with Crippen LogP contribution in [0.4, 0.5) is 0 Å². The largest absolute Gasteiger partial charge is 0.338 e. The van der Waals surface area contributed by atoms with Gasteiger partial charge in [-0.25, -0.2) is 0 Å². The molecule has 1 amide bonds. The number of thiophene rings is 1. The van der Waals surface area contributed by atoms with E-state index in [-0.39, 0.29) is 18.3 Å². The van der Waals surface area contributed by atoms with Gasteiger partial charge in [0.1, 0.15) is 4.34 Å². The zero-order valence-corrected chi connectivity index (χ0v) is 13.4. The minimum atomic E-state index is 0. The maximum Gasteiger partial charge on any atom is 0.256 e. The molecule has 0 radical (unpaired) electrons. The second-order valence-corrected chi connectivity index (χ2v) is 7.43. The summed E-state index contributed by atoms with van der Waals surface area (Å²) in [4.78, 5) is 14.3. The van der Waals surface area contributed by atoms with Crippen LogP contribution in [0, 0.1) is 5.41 Å². The van der Waals surface area contributed by atoms with Gasteiger partial charge in [-0.3, -0.25) is 4.79 Å². The Morgan fingerprint density at radius 1 is 1.42 bits per heavy atom. The normalized spacial score (nSPS) is 25.9. The van der Waals surface area contributed by atoms with Crippen LogP contribution in [0.3, 0.4) is 0 Å². The Morgan fingerprint density at radius 2 is 2.21 bits per heavy atom. The van der Waals surface area contributed by atoms with Gasteiger partial charge in [0.25, 0.3) is 5.91 Å². The number of hydrogen-bond donors (Lipinski definition) is 1. The molecule has 3 nitrogen and oxygen atoms in total. The third-order valence-corrected chi connectivity index (χ3v) is 5.43. The molecule has 0 aromatic carbocycles. The van der Waals surface area contributed by atoms with E-state index in [1.807, 2.05) is 4.90 Å². The van der Waals surface area contributed by atoms with Crippen molar-refractivity contribution >= 4 is 52.9 Å². The van der Waals surface area contributed by atoms with Gasteiger partial charge in [-0.2, -0.15) is 0 Å². The molecule has 1 atom stereocenters. The molecule has 0 saturated carbocycles. The third kappa shape index (κ3) is 2.88. The van der Waals surface area contributed by atoms with Gasteiger partial charge in [0.2, 0.25) is 0 Å². The van der Waals surface area contributed by atoms with Crippen LogP contribution in [0.15, 0.2) is 6.07 Å². The molecule has 19 heavy (non-hydrogen) atoms. The Bertz CT molecular complexity index is 485. The number of hydrogen-bond acceptors (Lipinski definition) is 3. The number of halogens is 3. The van der Waals surface area contributed by atoms with Crippen LogP contribution >= 0.6 is 46.9 Å². The zero-order valence-electron chi connectivity index (χ0n) is 10.2. The minimum absolute atomic E-state index is 0. The van der Waals surface area contributed by atoms with Crippen molar-refractivity contribution in [2.75, 3.05) is 26.2 Å². The molecule has 2 aliphatic rings. The van der Waals surface area contributed by atoms with E-state index in [9.17, 15) is 4.79 Å². The predicted molar refractivity (Wildman–Crippen MR) is 82.0 cm³/mol. The predicted octanol–water partition coefficient (Wildman–Crippen LogP) is 3.30. The first kappa shape index (κ1) is 15.4. The molecule has 3 rings (SSSR count). The van der Waals surface area contributed by atoms with E-state index in [4.69, 9.17) is 23.2 Å². The lowest BCUT2D eigenvalue weighted by Gasteiger charge is -2.22. The maximum absolute atomic E-state index is 12.4. The Kier molecular flexibility index (Phi) is 4.68. The topological polar surface area (TPSA) is 32.3 Å². The highest BCUT2D eigenvalue weighted by Crippen LogP contribution is 2.38. The summed E-state index contributed by atoms with van der Waals surface area (Å²) >= 11 is 13.2. The summed E-state index contributed by atoms with van der Waals surface area (Å²) in [5.41, 5.74) is 0.844. The van der Waals surface area contributed by atoms with Crippen LogP contribution in [0.5, 0.6) is 0 Å². The van der Waals surface area contributed by atoms with Crippen molar-refractivity contribution in [2.45, 2.75) is 12.8 Å². The fourth-order valence-corrected chi connectivity index (χ4v) is 4.36. The van der Waals surface area contributed by atoms with Gasteiger partial charge in [0, 0.05) is 25.0 Å². The van der Waals surface area contributed by atoms with Crippen LogP contribution in [-0.4, -0.2) is 37.0 Å². The summed E-state index contributed by atoms with van der Waals surface area (Å²) in [5.74, 6) is 0.0203. The van der Waals surface area contributed by atoms with Crippen molar-refractivity contribution in [3.8, 4) is 0 Å². The smallest absolute Gasteiger partial charge is 0.256 e. The first-order valence-electron chi connectivity index (χ1n) is 6.05. The van der Waals surface area contributed by atoms with Crippen molar-refractivity contribution in [1.82, 2.24) is 10.2 Å². The highest BCUT2D eigenvalue weighted by atomic mass is 35.5. The van der Waals surface area contributed by atoms with Crippen molar-refractivity contribution in [3.05, 3.63) is 20.3 Å². The summed E-state index contributed by atoms with van der Waals surface area (Å²) in [7, 11) is 0. The molecule has 2 aliphatic heterocycles. The monoisotopic (exact) mass is 340 g/mol. The molecule has 0 bridgehead atoms. The Balaban J connectivity index is 0.00000133. The van der Waals surface area contributed by atoms with Crippen molar-refractivity contribution in [2.24, 2.45) is 5.41 Å². The average molecular weight is 342 g/mol. The quantitative estimate of drug-likeness (QED) is 0.850. The van der Waals surface area contributed by atoms with E-state index in [1.165, 1.54) is 11.3 Å². The molecular formula is C12H15Cl3N2OS. The van der Waals surface area contributed by atoms with Crippen LogP contribution in [0.25, 0.3) is 0 Å². The van der Waals surface area contributed by atoms with Gasteiger partial charge in [0.05, 0.1) is 9.90 Å². The first-order valence-corrected chi connectivity index (χ1v) is 7.62. The van der Waals surface area contributed by atoms with Gasteiger partial charge in [0.15, 0.2) is 0 Å². The second kappa shape index (κ2) is 5.78. The molecule has 1 N–H and O–H groups in total. The number of nitrogens with one attached hydrogen (secondary N) is 1. The van der Waals surface area contributed by atoms with Gasteiger partial charge >= 0.3 is 0 Å². The zero-order chi connectivity index (χ0) is 12.8.